The highest BCUT2D eigenvalue weighted by atomic mass is 32.1. The van der Waals surface area contributed by atoms with Crippen LogP contribution >= 0.6 is 12.2 Å². The number of hydrogen-bond acceptors (Lipinski definition) is 5. The van der Waals surface area contributed by atoms with Crippen LogP contribution in [0.4, 0.5) is 0 Å². The maximum atomic E-state index is 5.81. The minimum Gasteiger partial charge on any atom is -0.379 e. The fraction of sp³-hybridized carbons (Fsp3) is 0.348. The Morgan fingerprint density at radius 2 is 1.77 bits per heavy atom. The summed E-state index contributed by atoms with van der Waals surface area (Å²) in [6, 6.07) is 16.2. The van der Waals surface area contributed by atoms with Gasteiger partial charge in [-0.15, -0.1) is 0 Å². The Labute approximate surface area is 187 Å². The maximum absolute atomic E-state index is 5.81. The molecule has 0 aromatic carbocycles. The first kappa shape index (κ1) is 20.1. The van der Waals surface area contributed by atoms with E-state index in [1.165, 1.54) is 0 Å². The summed E-state index contributed by atoms with van der Waals surface area (Å²) in [5.74, 6) is 0.896. The highest BCUT2D eigenvalue weighted by molar-refractivity contribution is 7.80. The second-order valence-corrected chi connectivity index (χ2v) is 8.15. The van der Waals surface area contributed by atoms with Gasteiger partial charge in [-0.3, -0.25) is 9.88 Å². The van der Waals surface area contributed by atoms with Crippen LogP contribution in [0.2, 0.25) is 0 Å². The molecule has 0 spiro atoms. The van der Waals surface area contributed by atoms with Crippen molar-refractivity contribution in [3.8, 4) is 5.82 Å². The third-order valence-corrected chi connectivity index (χ3v) is 6.29. The van der Waals surface area contributed by atoms with Crippen molar-refractivity contribution in [2.45, 2.75) is 12.1 Å². The summed E-state index contributed by atoms with van der Waals surface area (Å²) in [5.41, 5.74) is 2.13. The van der Waals surface area contributed by atoms with Crippen molar-refractivity contribution in [3.63, 3.8) is 0 Å². The van der Waals surface area contributed by atoms with Gasteiger partial charge in [-0.05, 0) is 48.6 Å². The average Bonchev–Trinajstić information content (AvgIpc) is 3.44. The summed E-state index contributed by atoms with van der Waals surface area (Å²) in [4.78, 5) is 14.0. The van der Waals surface area contributed by atoms with Crippen LogP contribution in [0.5, 0.6) is 0 Å². The molecular weight excluding hydrogens is 408 g/mol. The Hall–Kier alpha value is -2.81. The number of rotatable bonds is 6. The highest BCUT2D eigenvalue weighted by Crippen LogP contribution is 2.39. The van der Waals surface area contributed by atoms with E-state index in [1.54, 1.807) is 0 Å². The summed E-state index contributed by atoms with van der Waals surface area (Å²) in [6.45, 7) is 5.31. The van der Waals surface area contributed by atoms with Gasteiger partial charge in [0.05, 0.1) is 31.0 Å². The summed E-state index contributed by atoms with van der Waals surface area (Å²) in [5, 5.41) is 4.31. The molecule has 3 aromatic rings. The van der Waals surface area contributed by atoms with Gasteiger partial charge in [-0.1, -0.05) is 12.1 Å². The molecule has 160 valence electrons. The molecule has 2 fully saturated rings. The van der Waals surface area contributed by atoms with Gasteiger partial charge in [0.25, 0.3) is 0 Å². The Balaban J connectivity index is 1.49. The van der Waals surface area contributed by atoms with E-state index in [2.05, 4.69) is 54.0 Å². The smallest absolute Gasteiger partial charge is 0.170 e. The van der Waals surface area contributed by atoms with Gasteiger partial charge in [0.1, 0.15) is 5.82 Å². The predicted octanol–water partition coefficient (Wildman–Crippen LogP) is 2.57. The van der Waals surface area contributed by atoms with E-state index >= 15 is 0 Å². The second-order valence-electron chi connectivity index (χ2n) is 7.77. The van der Waals surface area contributed by atoms with E-state index in [9.17, 15) is 0 Å². The molecule has 5 heterocycles. The molecule has 8 heteroatoms. The van der Waals surface area contributed by atoms with Crippen molar-refractivity contribution in [2.75, 3.05) is 39.4 Å². The summed E-state index contributed by atoms with van der Waals surface area (Å²) >= 11 is 5.81. The zero-order chi connectivity index (χ0) is 21.0. The number of aromatic nitrogens is 3. The second kappa shape index (κ2) is 9.13. The molecule has 1 N–H and O–H groups in total. The fourth-order valence-corrected chi connectivity index (χ4v) is 4.71. The minimum absolute atomic E-state index is 0.0143. The van der Waals surface area contributed by atoms with Crippen LogP contribution in [0.1, 0.15) is 23.5 Å². The van der Waals surface area contributed by atoms with Crippen LogP contribution in [0.15, 0.2) is 67.1 Å². The zero-order valence-electron chi connectivity index (χ0n) is 17.3. The van der Waals surface area contributed by atoms with E-state index in [0.717, 1.165) is 61.7 Å². The van der Waals surface area contributed by atoms with Crippen molar-refractivity contribution in [3.05, 3.63) is 78.5 Å². The quantitative estimate of drug-likeness (QED) is 0.599. The maximum Gasteiger partial charge on any atom is 0.170 e. The van der Waals surface area contributed by atoms with E-state index in [1.807, 2.05) is 42.7 Å². The van der Waals surface area contributed by atoms with Crippen molar-refractivity contribution in [1.29, 1.82) is 0 Å². The number of ether oxygens (including phenoxy) is 1. The van der Waals surface area contributed by atoms with E-state index in [-0.39, 0.29) is 12.1 Å². The predicted molar refractivity (Wildman–Crippen MR) is 123 cm³/mol. The lowest BCUT2D eigenvalue weighted by atomic mass is 10.0. The Morgan fingerprint density at radius 3 is 2.52 bits per heavy atom. The third-order valence-electron chi connectivity index (χ3n) is 5.94. The molecule has 31 heavy (non-hydrogen) atoms. The molecule has 0 radical (unpaired) electrons. The average molecular weight is 435 g/mol. The molecule has 0 aliphatic carbocycles. The Kier molecular flexibility index (Phi) is 5.93. The number of hydrogen-bond donors (Lipinski definition) is 1. The first-order valence-corrected chi connectivity index (χ1v) is 11.1. The Bertz CT molecular complexity index is 1010. The first-order chi connectivity index (χ1) is 15.3. The summed E-state index contributed by atoms with van der Waals surface area (Å²) in [6.07, 6.45) is 5.73. The number of nitrogens with zero attached hydrogens (tertiary/aromatic N) is 5. The van der Waals surface area contributed by atoms with Crippen molar-refractivity contribution in [2.24, 2.45) is 0 Å². The molecule has 5 rings (SSSR count). The number of nitrogens with one attached hydrogen (secondary N) is 1. The summed E-state index contributed by atoms with van der Waals surface area (Å²) in [7, 11) is 0. The lowest BCUT2D eigenvalue weighted by Crippen LogP contribution is -2.42. The van der Waals surface area contributed by atoms with Crippen LogP contribution in [0.3, 0.4) is 0 Å². The van der Waals surface area contributed by atoms with Crippen LogP contribution in [0, 0.1) is 0 Å². The van der Waals surface area contributed by atoms with Gasteiger partial charge in [0.2, 0.25) is 0 Å². The standard InChI is InChI=1S/C23H26N6OS/c31-23-26-21(18-6-1-3-9-24-18)22(29(23)13-12-27-14-16-30-17-15-27)19-7-5-11-28(19)20-8-2-4-10-25-20/h1-11,21-22H,12-17H2,(H,26,31)/t21-,22-/m1/s1. The van der Waals surface area contributed by atoms with Crippen LogP contribution < -0.4 is 5.32 Å². The topological polar surface area (TPSA) is 58.5 Å². The molecule has 7 nitrogen and oxygen atoms in total. The molecule has 3 aromatic heterocycles. The molecule has 2 atom stereocenters. The molecule has 0 unspecified atom stereocenters. The Morgan fingerprint density at radius 1 is 0.968 bits per heavy atom. The van der Waals surface area contributed by atoms with E-state index in [0.29, 0.717) is 0 Å². The van der Waals surface area contributed by atoms with Gasteiger partial charge in [0.15, 0.2) is 5.11 Å². The molecule has 2 saturated heterocycles. The normalized spacial score (nSPS) is 21.9. The third kappa shape index (κ3) is 4.19. The zero-order valence-corrected chi connectivity index (χ0v) is 18.1. The number of pyridine rings is 2. The summed E-state index contributed by atoms with van der Waals surface area (Å²) < 4.78 is 7.65. The van der Waals surface area contributed by atoms with Gasteiger partial charge < -0.3 is 19.5 Å². The first-order valence-electron chi connectivity index (χ1n) is 10.7. The number of morpholine rings is 1. The van der Waals surface area contributed by atoms with Crippen molar-refractivity contribution >= 4 is 17.3 Å². The molecule has 0 bridgehead atoms. The highest BCUT2D eigenvalue weighted by Gasteiger charge is 2.41. The minimum atomic E-state index is -0.0317. The van der Waals surface area contributed by atoms with Gasteiger partial charge in [0, 0.05) is 50.5 Å². The molecule has 2 aliphatic heterocycles. The van der Waals surface area contributed by atoms with Gasteiger partial charge >= 0.3 is 0 Å². The van der Waals surface area contributed by atoms with Gasteiger partial charge in [-0.2, -0.15) is 0 Å². The molecule has 0 saturated carbocycles. The van der Waals surface area contributed by atoms with E-state index in [4.69, 9.17) is 17.0 Å². The van der Waals surface area contributed by atoms with E-state index < -0.39 is 0 Å². The van der Waals surface area contributed by atoms with Crippen molar-refractivity contribution in [1.82, 2.24) is 29.7 Å². The molecular formula is C23H26N6OS. The number of thiocarbonyl (C=S) groups is 1. The van der Waals surface area contributed by atoms with Crippen molar-refractivity contribution < 1.29 is 4.74 Å². The SMILES string of the molecule is S=C1N[C@H](c2ccccn2)[C@@H](c2cccn2-c2ccccn2)N1CCN1CCOCC1. The van der Waals surface area contributed by atoms with Crippen LogP contribution in [-0.2, 0) is 4.74 Å². The van der Waals surface area contributed by atoms with Crippen LogP contribution in [0.25, 0.3) is 5.82 Å². The molecule has 0 amide bonds. The lowest BCUT2D eigenvalue weighted by Gasteiger charge is -2.32. The fourth-order valence-electron chi connectivity index (χ4n) is 4.38. The van der Waals surface area contributed by atoms with Crippen LogP contribution in [-0.4, -0.2) is 68.8 Å². The largest absolute Gasteiger partial charge is 0.379 e. The molecule has 2 aliphatic rings. The lowest BCUT2D eigenvalue weighted by molar-refractivity contribution is 0.0349. The monoisotopic (exact) mass is 434 g/mol. The van der Waals surface area contributed by atoms with Gasteiger partial charge in [-0.25, -0.2) is 4.98 Å².